The Morgan fingerprint density at radius 2 is 1.65 bits per heavy atom. The summed E-state index contributed by atoms with van der Waals surface area (Å²) in [7, 11) is 1.59. The molecule has 0 radical (unpaired) electrons. The molecule has 0 aromatic heterocycles. The lowest BCUT2D eigenvalue weighted by atomic mass is 10.1. The van der Waals surface area contributed by atoms with Crippen LogP contribution in [0.2, 0.25) is 0 Å². The summed E-state index contributed by atoms with van der Waals surface area (Å²) in [5.74, 6) is 0.464. The number of ketones is 1. The first kappa shape index (κ1) is 13.2. The normalized spacial score (nSPS) is 9.88. The van der Waals surface area contributed by atoms with Gasteiger partial charge in [0, 0.05) is 0 Å². The zero-order chi connectivity index (χ0) is 13.0. The van der Waals surface area contributed by atoms with Crippen LogP contribution in [-0.4, -0.2) is 18.9 Å². The number of hydrogen-bond donors (Lipinski definition) is 0. The molecule has 0 heterocycles. The zero-order valence-electron chi connectivity index (χ0n) is 10.5. The largest absolute Gasteiger partial charge is 0.496 e. The van der Waals surface area contributed by atoms with Crippen LogP contribution in [0.25, 0.3) is 0 Å². The smallest absolute Gasteiger partial charge is 0.318 e. The number of esters is 1. The average Bonchev–Trinajstić information content (AvgIpc) is 2.21. The minimum atomic E-state index is -0.537. The summed E-state index contributed by atoms with van der Waals surface area (Å²) >= 11 is 0. The molecule has 1 aromatic carbocycles. The maximum absolute atomic E-state index is 11.4. The lowest BCUT2D eigenvalue weighted by molar-refractivity contribution is -0.137. The van der Waals surface area contributed by atoms with Crippen molar-refractivity contribution in [1.29, 1.82) is 0 Å². The second-order valence-corrected chi connectivity index (χ2v) is 3.94. The van der Waals surface area contributed by atoms with Gasteiger partial charge >= 0.3 is 5.97 Å². The lowest BCUT2D eigenvalue weighted by Crippen LogP contribution is -2.12. The van der Waals surface area contributed by atoms with Gasteiger partial charge in [0.05, 0.1) is 7.11 Å². The van der Waals surface area contributed by atoms with E-state index < -0.39 is 5.97 Å². The van der Waals surface area contributed by atoms with Crippen LogP contribution < -0.4 is 9.47 Å². The highest BCUT2D eigenvalue weighted by molar-refractivity contribution is 5.95. The molecule has 4 nitrogen and oxygen atoms in total. The first-order valence-corrected chi connectivity index (χ1v) is 5.29. The van der Waals surface area contributed by atoms with E-state index in [0.29, 0.717) is 5.75 Å². The Hall–Kier alpha value is -1.84. The summed E-state index contributed by atoms with van der Waals surface area (Å²) in [4.78, 5) is 22.1. The molecule has 4 heteroatoms. The number of ether oxygens (including phenoxy) is 2. The van der Waals surface area contributed by atoms with Gasteiger partial charge in [-0.15, -0.1) is 0 Å². The van der Waals surface area contributed by atoms with Crippen molar-refractivity contribution in [3.8, 4) is 11.5 Å². The lowest BCUT2D eigenvalue weighted by Gasteiger charge is -2.11. The van der Waals surface area contributed by atoms with Crippen molar-refractivity contribution in [2.24, 2.45) is 0 Å². The van der Waals surface area contributed by atoms with E-state index in [4.69, 9.17) is 9.47 Å². The molecule has 0 fully saturated rings. The summed E-state index contributed by atoms with van der Waals surface area (Å²) in [6.07, 6.45) is -0.204. The average molecular weight is 236 g/mol. The molecule has 0 bridgehead atoms. The molecule has 1 rings (SSSR count). The van der Waals surface area contributed by atoms with Crippen LogP contribution in [0.3, 0.4) is 0 Å². The van der Waals surface area contributed by atoms with E-state index in [-0.39, 0.29) is 12.2 Å². The summed E-state index contributed by atoms with van der Waals surface area (Å²) in [6, 6.07) is 3.53. The Bertz CT molecular complexity index is 449. The van der Waals surface area contributed by atoms with Gasteiger partial charge in [0.25, 0.3) is 0 Å². The van der Waals surface area contributed by atoms with Crippen LogP contribution in [-0.2, 0) is 9.59 Å². The Kier molecular flexibility index (Phi) is 4.26. The van der Waals surface area contributed by atoms with Gasteiger partial charge in [0.15, 0.2) is 0 Å². The Labute approximate surface area is 101 Å². The quantitative estimate of drug-likeness (QED) is 0.457. The Morgan fingerprint density at radius 3 is 2.18 bits per heavy atom. The predicted molar refractivity (Wildman–Crippen MR) is 63.4 cm³/mol. The van der Waals surface area contributed by atoms with E-state index in [1.807, 2.05) is 13.8 Å². The van der Waals surface area contributed by atoms with Crippen molar-refractivity contribution in [2.75, 3.05) is 7.11 Å². The SMILES string of the molecule is COc1cc(C)c(OC(=O)CC(C)=O)cc1C. The van der Waals surface area contributed by atoms with Gasteiger partial charge in [-0.1, -0.05) is 0 Å². The molecule has 0 aliphatic heterocycles. The maximum Gasteiger partial charge on any atom is 0.318 e. The fourth-order valence-electron chi connectivity index (χ4n) is 1.46. The van der Waals surface area contributed by atoms with Gasteiger partial charge < -0.3 is 9.47 Å². The standard InChI is InChI=1S/C13H16O4/c1-8-6-12(9(2)5-11(8)16-4)17-13(15)7-10(3)14/h5-6H,7H2,1-4H3. The topological polar surface area (TPSA) is 52.6 Å². The van der Waals surface area contributed by atoms with E-state index in [2.05, 4.69) is 0 Å². The minimum Gasteiger partial charge on any atom is -0.496 e. The van der Waals surface area contributed by atoms with Gasteiger partial charge in [0.2, 0.25) is 0 Å². The van der Waals surface area contributed by atoms with E-state index in [1.165, 1.54) is 6.92 Å². The van der Waals surface area contributed by atoms with Crippen molar-refractivity contribution in [2.45, 2.75) is 27.2 Å². The monoisotopic (exact) mass is 236 g/mol. The number of carbonyl (C=O) groups is 2. The van der Waals surface area contributed by atoms with E-state index in [0.717, 1.165) is 16.9 Å². The summed E-state index contributed by atoms with van der Waals surface area (Å²) in [5, 5.41) is 0. The molecule has 0 unspecified atom stereocenters. The summed E-state index contributed by atoms with van der Waals surface area (Å²) < 4.78 is 10.3. The molecule has 0 atom stereocenters. The van der Waals surface area contributed by atoms with Crippen molar-refractivity contribution in [3.05, 3.63) is 23.3 Å². The van der Waals surface area contributed by atoms with E-state index in [9.17, 15) is 9.59 Å². The predicted octanol–water partition coefficient (Wildman–Crippen LogP) is 2.20. The Morgan fingerprint density at radius 1 is 1.12 bits per heavy atom. The molecule has 92 valence electrons. The summed E-state index contributed by atoms with van der Waals surface area (Å²) in [6.45, 7) is 5.03. The molecule has 0 spiro atoms. The molecular weight excluding hydrogens is 220 g/mol. The third kappa shape index (κ3) is 3.59. The molecule has 0 amide bonds. The number of aryl methyl sites for hydroxylation is 2. The van der Waals surface area contributed by atoms with Crippen LogP contribution in [0.1, 0.15) is 24.5 Å². The second kappa shape index (κ2) is 5.48. The number of carbonyl (C=O) groups excluding carboxylic acids is 2. The van der Waals surface area contributed by atoms with Crippen LogP contribution in [0.15, 0.2) is 12.1 Å². The first-order chi connectivity index (χ1) is 7.93. The highest BCUT2D eigenvalue weighted by atomic mass is 16.5. The number of rotatable bonds is 4. The second-order valence-electron chi connectivity index (χ2n) is 3.94. The maximum atomic E-state index is 11.4. The fourth-order valence-corrected chi connectivity index (χ4v) is 1.46. The molecule has 0 aliphatic carbocycles. The third-order valence-electron chi connectivity index (χ3n) is 2.31. The Balaban J connectivity index is 2.88. The van der Waals surface area contributed by atoms with Crippen molar-refractivity contribution < 1.29 is 19.1 Å². The number of methoxy groups -OCH3 is 1. The number of Topliss-reactive ketones (excluding diaryl/α,β-unsaturated/α-hetero) is 1. The third-order valence-corrected chi connectivity index (χ3v) is 2.31. The summed E-state index contributed by atoms with van der Waals surface area (Å²) in [5.41, 5.74) is 1.67. The first-order valence-electron chi connectivity index (χ1n) is 5.29. The van der Waals surface area contributed by atoms with Crippen molar-refractivity contribution >= 4 is 11.8 Å². The molecular formula is C13H16O4. The van der Waals surface area contributed by atoms with E-state index in [1.54, 1.807) is 19.2 Å². The van der Waals surface area contributed by atoms with Gasteiger partial charge in [0.1, 0.15) is 23.7 Å². The van der Waals surface area contributed by atoms with Crippen molar-refractivity contribution in [1.82, 2.24) is 0 Å². The molecule has 0 saturated heterocycles. The number of benzene rings is 1. The van der Waals surface area contributed by atoms with Crippen LogP contribution >= 0.6 is 0 Å². The fraction of sp³-hybridized carbons (Fsp3) is 0.385. The molecule has 1 aromatic rings. The van der Waals surface area contributed by atoms with Crippen LogP contribution in [0, 0.1) is 13.8 Å². The van der Waals surface area contributed by atoms with E-state index >= 15 is 0 Å². The molecule has 0 saturated carbocycles. The zero-order valence-corrected chi connectivity index (χ0v) is 10.5. The van der Waals surface area contributed by atoms with Gasteiger partial charge in [-0.3, -0.25) is 9.59 Å². The van der Waals surface area contributed by atoms with Gasteiger partial charge in [-0.25, -0.2) is 0 Å². The highest BCUT2D eigenvalue weighted by Crippen LogP contribution is 2.27. The van der Waals surface area contributed by atoms with Gasteiger partial charge in [-0.05, 0) is 44.0 Å². The van der Waals surface area contributed by atoms with Crippen LogP contribution in [0.4, 0.5) is 0 Å². The van der Waals surface area contributed by atoms with Crippen molar-refractivity contribution in [3.63, 3.8) is 0 Å². The van der Waals surface area contributed by atoms with Gasteiger partial charge in [-0.2, -0.15) is 0 Å². The number of hydrogen-bond acceptors (Lipinski definition) is 4. The minimum absolute atomic E-state index is 0.204. The molecule has 0 N–H and O–H groups in total. The molecule has 17 heavy (non-hydrogen) atoms. The van der Waals surface area contributed by atoms with Crippen LogP contribution in [0.5, 0.6) is 11.5 Å². The highest BCUT2D eigenvalue weighted by Gasteiger charge is 2.11. The molecule has 0 aliphatic rings.